The van der Waals surface area contributed by atoms with Crippen molar-refractivity contribution in [2.45, 2.75) is 58.9 Å². The summed E-state index contributed by atoms with van der Waals surface area (Å²) in [7, 11) is 1.72. The van der Waals surface area contributed by atoms with Crippen LogP contribution >= 0.6 is 0 Å². The van der Waals surface area contributed by atoms with Gasteiger partial charge in [0.05, 0.1) is 12.6 Å². The van der Waals surface area contributed by atoms with E-state index in [4.69, 9.17) is 4.74 Å². The summed E-state index contributed by atoms with van der Waals surface area (Å²) in [4.78, 5) is 9.29. The van der Waals surface area contributed by atoms with Crippen LogP contribution in [0, 0.1) is 0 Å². The van der Waals surface area contributed by atoms with Gasteiger partial charge in [0, 0.05) is 25.1 Å². The fourth-order valence-corrected chi connectivity index (χ4v) is 1.87. The van der Waals surface area contributed by atoms with Crippen molar-refractivity contribution in [2.24, 2.45) is 0 Å². The highest BCUT2D eigenvalue weighted by molar-refractivity contribution is 5.48. The molecule has 5 nitrogen and oxygen atoms in total. The first-order valence-electron chi connectivity index (χ1n) is 7.79. The molecule has 0 aliphatic carbocycles. The molecule has 21 heavy (non-hydrogen) atoms. The van der Waals surface area contributed by atoms with Gasteiger partial charge in [0.25, 0.3) is 0 Å². The molecule has 0 radical (unpaired) electrons. The Morgan fingerprint density at radius 1 is 1.19 bits per heavy atom. The summed E-state index contributed by atoms with van der Waals surface area (Å²) < 4.78 is 5.24. The average Bonchev–Trinajstić information content (AvgIpc) is 2.43. The molecule has 1 heterocycles. The molecule has 1 aromatic rings. The molecule has 5 heteroatoms. The van der Waals surface area contributed by atoms with Crippen LogP contribution in [0.5, 0.6) is 0 Å². The number of hydrogen-bond donors (Lipinski definition) is 2. The molecule has 0 fully saturated rings. The number of methoxy groups -OCH3 is 1. The van der Waals surface area contributed by atoms with Gasteiger partial charge in [-0.1, -0.05) is 34.6 Å². The fraction of sp³-hybridized carbons (Fsp3) is 0.750. The molecular weight excluding hydrogens is 264 g/mol. The van der Waals surface area contributed by atoms with Crippen LogP contribution in [0.2, 0.25) is 0 Å². The average molecular weight is 294 g/mol. The molecule has 0 saturated carbocycles. The maximum Gasteiger partial charge on any atom is 0.138 e. The van der Waals surface area contributed by atoms with Crippen LogP contribution in [-0.2, 0) is 10.2 Å². The second kappa shape index (κ2) is 8.17. The summed E-state index contributed by atoms with van der Waals surface area (Å²) in [6.45, 7) is 12.2. The molecule has 1 rings (SSSR count). The van der Waals surface area contributed by atoms with Crippen LogP contribution in [0.1, 0.15) is 53.3 Å². The van der Waals surface area contributed by atoms with Gasteiger partial charge in [-0.05, 0) is 12.8 Å². The van der Waals surface area contributed by atoms with Gasteiger partial charge in [-0.15, -0.1) is 0 Å². The lowest BCUT2D eigenvalue weighted by Gasteiger charge is -2.21. The summed E-state index contributed by atoms with van der Waals surface area (Å²) >= 11 is 0. The minimum absolute atomic E-state index is 0.0801. The van der Waals surface area contributed by atoms with E-state index in [1.165, 1.54) is 0 Å². The first kappa shape index (κ1) is 17.7. The van der Waals surface area contributed by atoms with Crippen LogP contribution < -0.4 is 10.6 Å². The molecule has 0 aromatic carbocycles. The molecule has 0 amide bonds. The van der Waals surface area contributed by atoms with Crippen LogP contribution in [0.3, 0.4) is 0 Å². The Kier molecular flexibility index (Phi) is 6.89. The van der Waals surface area contributed by atoms with Gasteiger partial charge in [0.1, 0.15) is 17.5 Å². The number of nitrogens with one attached hydrogen (secondary N) is 2. The molecule has 120 valence electrons. The Labute approximate surface area is 128 Å². The van der Waals surface area contributed by atoms with Crippen LogP contribution in [0.15, 0.2) is 6.07 Å². The topological polar surface area (TPSA) is 59.1 Å². The first-order valence-corrected chi connectivity index (χ1v) is 7.79. The predicted octanol–water partition coefficient (Wildman–Crippen LogP) is 3.43. The number of aromatic nitrogens is 2. The van der Waals surface area contributed by atoms with Gasteiger partial charge in [-0.2, -0.15) is 0 Å². The zero-order valence-electron chi connectivity index (χ0n) is 14.3. The van der Waals surface area contributed by atoms with E-state index in [1.54, 1.807) is 7.11 Å². The van der Waals surface area contributed by atoms with E-state index in [9.17, 15) is 0 Å². The van der Waals surface area contributed by atoms with E-state index < -0.39 is 0 Å². The monoisotopic (exact) mass is 294 g/mol. The lowest BCUT2D eigenvalue weighted by Crippen LogP contribution is -2.26. The highest BCUT2D eigenvalue weighted by atomic mass is 16.5. The number of hydrogen-bond acceptors (Lipinski definition) is 5. The Hall–Kier alpha value is -1.36. The summed E-state index contributed by atoms with van der Waals surface area (Å²) in [5.41, 5.74) is -0.0801. The van der Waals surface area contributed by atoms with Crippen LogP contribution in [0.25, 0.3) is 0 Å². The third-order valence-corrected chi connectivity index (χ3v) is 3.17. The molecule has 0 bridgehead atoms. The van der Waals surface area contributed by atoms with E-state index in [2.05, 4.69) is 55.2 Å². The van der Waals surface area contributed by atoms with Crippen molar-refractivity contribution in [2.75, 3.05) is 30.9 Å². The number of ether oxygens (including phenoxy) is 1. The quantitative estimate of drug-likeness (QED) is 0.769. The van der Waals surface area contributed by atoms with Crippen molar-refractivity contribution in [3.8, 4) is 0 Å². The lowest BCUT2D eigenvalue weighted by molar-refractivity contribution is 0.184. The summed E-state index contributed by atoms with van der Waals surface area (Å²) in [5.74, 6) is 2.59. The van der Waals surface area contributed by atoms with Gasteiger partial charge in [0.2, 0.25) is 0 Å². The van der Waals surface area contributed by atoms with E-state index in [1.807, 2.05) is 6.07 Å². The van der Waals surface area contributed by atoms with Gasteiger partial charge in [0.15, 0.2) is 0 Å². The van der Waals surface area contributed by atoms with Crippen LogP contribution in [-0.4, -0.2) is 36.3 Å². The van der Waals surface area contributed by atoms with Gasteiger partial charge < -0.3 is 15.4 Å². The molecule has 1 atom stereocenters. The molecule has 0 spiro atoms. The first-order chi connectivity index (χ1) is 9.90. The third kappa shape index (κ3) is 5.87. The van der Waals surface area contributed by atoms with Gasteiger partial charge >= 0.3 is 0 Å². The number of nitrogens with zero attached hydrogens (tertiary/aromatic N) is 2. The largest absolute Gasteiger partial charge is 0.383 e. The standard InChI is InChI=1S/C16H30N4O/c1-7-9-17-13-10-14(18-12(8-2)11-21-6)20-15(19-13)16(3,4)5/h10,12H,7-9,11H2,1-6H3,(H2,17,18,19,20). The lowest BCUT2D eigenvalue weighted by atomic mass is 9.96. The Morgan fingerprint density at radius 2 is 1.86 bits per heavy atom. The number of rotatable bonds is 8. The molecule has 1 aromatic heterocycles. The maximum absolute atomic E-state index is 5.24. The SMILES string of the molecule is CCCNc1cc(NC(CC)COC)nc(C(C)(C)C)n1. The predicted molar refractivity (Wildman–Crippen MR) is 89.1 cm³/mol. The summed E-state index contributed by atoms with van der Waals surface area (Å²) in [5, 5.41) is 6.79. The second-order valence-corrected chi connectivity index (χ2v) is 6.34. The fourth-order valence-electron chi connectivity index (χ4n) is 1.87. The molecular formula is C16H30N4O. The van der Waals surface area contributed by atoms with Gasteiger partial charge in [-0.3, -0.25) is 0 Å². The molecule has 2 N–H and O–H groups in total. The minimum Gasteiger partial charge on any atom is -0.383 e. The summed E-state index contributed by atoms with van der Waals surface area (Å²) in [6.07, 6.45) is 2.05. The molecule has 0 aliphatic rings. The van der Waals surface area contributed by atoms with E-state index in [0.29, 0.717) is 6.61 Å². The Morgan fingerprint density at radius 3 is 2.38 bits per heavy atom. The van der Waals surface area contributed by atoms with Crippen molar-refractivity contribution in [3.05, 3.63) is 11.9 Å². The highest BCUT2D eigenvalue weighted by Gasteiger charge is 2.19. The van der Waals surface area contributed by atoms with Crippen molar-refractivity contribution in [1.29, 1.82) is 0 Å². The highest BCUT2D eigenvalue weighted by Crippen LogP contribution is 2.22. The van der Waals surface area contributed by atoms with Gasteiger partial charge in [-0.25, -0.2) is 9.97 Å². The van der Waals surface area contributed by atoms with Crippen molar-refractivity contribution in [1.82, 2.24) is 9.97 Å². The molecule has 0 aliphatic heterocycles. The summed E-state index contributed by atoms with van der Waals surface area (Å²) in [6, 6.07) is 2.24. The minimum atomic E-state index is -0.0801. The zero-order chi connectivity index (χ0) is 15.9. The Bertz CT molecular complexity index is 429. The van der Waals surface area contributed by atoms with Crippen molar-refractivity contribution < 1.29 is 4.74 Å². The Balaban J connectivity index is 3.00. The van der Waals surface area contributed by atoms with Crippen molar-refractivity contribution in [3.63, 3.8) is 0 Å². The number of anilines is 2. The van der Waals surface area contributed by atoms with E-state index in [0.717, 1.165) is 36.8 Å². The molecule has 1 unspecified atom stereocenters. The normalized spacial score (nSPS) is 13.0. The zero-order valence-corrected chi connectivity index (χ0v) is 14.3. The second-order valence-electron chi connectivity index (χ2n) is 6.34. The van der Waals surface area contributed by atoms with E-state index in [-0.39, 0.29) is 11.5 Å². The smallest absolute Gasteiger partial charge is 0.138 e. The van der Waals surface area contributed by atoms with E-state index >= 15 is 0 Å². The molecule has 0 saturated heterocycles. The van der Waals surface area contributed by atoms with Crippen LogP contribution in [0.4, 0.5) is 11.6 Å². The maximum atomic E-state index is 5.24. The third-order valence-electron chi connectivity index (χ3n) is 3.17. The van der Waals surface area contributed by atoms with Crippen molar-refractivity contribution >= 4 is 11.6 Å².